The van der Waals surface area contributed by atoms with Crippen LogP contribution in [0.3, 0.4) is 0 Å². The highest BCUT2D eigenvalue weighted by Crippen LogP contribution is 2.57. The van der Waals surface area contributed by atoms with Crippen LogP contribution in [0.4, 0.5) is 0 Å². The number of ketones is 1. The van der Waals surface area contributed by atoms with Crippen LogP contribution in [0.25, 0.3) is 10.9 Å². The molecule has 1 saturated heterocycles. The van der Waals surface area contributed by atoms with Crippen LogP contribution in [0.1, 0.15) is 89.0 Å². The van der Waals surface area contributed by atoms with Crippen molar-refractivity contribution in [1.82, 2.24) is 14.6 Å². The summed E-state index contributed by atoms with van der Waals surface area (Å²) in [6.45, 7) is 2.07. The minimum Gasteiger partial charge on any atom is -0.496 e. The Kier molecular flexibility index (Phi) is 9.57. The number of aromatic nitrogens is 1. The second-order valence-corrected chi connectivity index (χ2v) is 16.8. The molecular formula is C37H48N4O8S. The van der Waals surface area contributed by atoms with E-state index in [0.717, 1.165) is 55.9 Å². The molecule has 270 valence electrons. The van der Waals surface area contributed by atoms with Crippen LogP contribution in [0.2, 0.25) is 0 Å². The predicted molar refractivity (Wildman–Crippen MR) is 186 cm³/mol. The monoisotopic (exact) mass is 708 g/mol. The van der Waals surface area contributed by atoms with Gasteiger partial charge in [0.2, 0.25) is 27.7 Å². The van der Waals surface area contributed by atoms with E-state index in [1.807, 2.05) is 31.2 Å². The fourth-order valence-electron chi connectivity index (χ4n) is 7.66. The van der Waals surface area contributed by atoms with Gasteiger partial charge in [-0.3, -0.25) is 19.1 Å². The number of carbonyl (C=O) groups is 3. The number of allylic oxidation sites excluding steroid dienone is 2. The van der Waals surface area contributed by atoms with E-state index in [2.05, 4.69) is 4.72 Å². The SMILES string of the molecule is COc1ccc2c(O[C@@H]3C[C@H]4C(=O)C[C@]5(C(=O)NS(=O)(=O)C6CC6)C[C@H]5/C=C\CCCCC[C@H](N)C(=O)N4C3)cc(OC3CCC3)nc2c1C. The molecule has 13 heteroatoms. The number of pyridine rings is 1. The fraction of sp³-hybridized carbons (Fsp3) is 0.622. The van der Waals surface area contributed by atoms with Crippen LogP contribution in [-0.2, 0) is 24.4 Å². The van der Waals surface area contributed by atoms with Crippen LogP contribution < -0.4 is 24.7 Å². The number of methoxy groups -OCH3 is 1. The maximum absolute atomic E-state index is 14.3. The molecule has 2 aliphatic heterocycles. The Labute approximate surface area is 293 Å². The first-order valence-electron chi connectivity index (χ1n) is 18.1. The summed E-state index contributed by atoms with van der Waals surface area (Å²) >= 11 is 0. The number of rotatable bonds is 8. The summed E-state index contributed by atoms with van der Waals surface area (Å²) in [5, 5.41) is 0.188. The number of nitrogens with one attached hydrogen (secondary N) is 1. The second-order valence-electron chi connectivity index (χ2n) is 14.9. The zero-order valence-electron chi connectivity index (χ0n) is 28.9. The number of nitrogens with zero attached hydrogens (tertiary/aromatic N) is 2. The van der Waals surface area contributed by atoms with Crippen molar-refractivity contribution in [3.05, 3.63) is 35.9 Å². The molecule has 4 fully saturated rings. The summed E-state index contributed by atoms with van der Waals surface area (Å²) in [7, 11) is -2.19. The third-order valence-electron chi connectivity index (χ3n) is 11.2. The van der Waals surface area contributed by atoms with Crippen molar-refractivity contribution in [1.29, 1.82) is 0 Å². The molecule has 50 heavy (non-hydrogen) atoms. The first kappa shape index (κ1) is 34.7. The van der Waals surface area contributed by atoms with Crippen molar-refractivity contribution >= 4 is 38.5 Å². The normalized spacial score (nSPS) is 29.9. The van der Waals surface area contributed by atoms with Crippen molar-refractivity contribution in [2.45, 2.75) is 120 Å². The molecule has 12 nitrogen and oxygen atoms in total. The lowest BCUT2D eigenvalue weighted by Gasteiger charge is -2.27. The van der Waals surface area contributed by atoms with Gasteiger partial charge in [-0.2, -0.15) is 0 Å². The number of nitrogens with two attached hydrogens (primary N) is 1. The van der Waals surface area contributed by atoms with Crippen molar-refractivity contribution < 1.29 is 37.0 Å². The zero-order chi connectivity index (χ0) is 35.2. The number of carbonyl (C=O) groups excluding carboxylic acids is 3. The van der Waals surface area contributed by atoms with Gasteiger partial charge >= 0.3 is 0 Å². The number of Topliss-reactive ketones (excluding diaryl/α,β-unsaturated/α-hetero) is 1. The minimum atomic E-state index is -3.80. The lowest BCUT2D eigenvalue weighted by Crippen LogP contribution is -2.49. The lowest BCUT2D eigenvalue weighted by atomic mass is 9.91. The van der Waals surface area contributed by atoms with Crippen LogP contribution in [0.5, 0.6) is 17.4 Å². The predicted octanol–water partition coefficient (Wildman–Crippen LogP) is 4.25. The summed E-state index contributed by atoms with van der Waals surface area (Å²) in [6.07, 6.45) is 11.8. The maximum atomic E-state index is 14.3. The molecule has 0 radical (unpaired) electrons. The number of ether oxygens (including phenoxy) is 3. The van der Waals surface area contributed by atoms with Gasteiger partial charge in [0.05, 0.1) is 41.9 Å². The van der Waals surface area contributed by atoms with Crippen molar-refractivity contribution in [3.63, 3.8) is 0 Å². The number of benzene rings is 1. The first-order chi connectivity index (χ1) is 24.0. The summed E-state index contributed by atoms with van der Waals surface area (Å²) in [6, 6.07) is 3.87. The Morgan fingerprint density at radius 3 is 2.54 bits per heavy atom. The summed E-state index contributed by atoms with van der Waals surface area (Å²) < 4.78 is 46.3. The van der Waals surface area contributed by atoms with Gasteiger partial charge in [0.15, 0.2) is 5.78 Å². The Hall–Kier alpha value is -3.71. The fourth-order valence-corrected chi connectivity index (χ4v) is 9.04. The average molecular weight is 709 g/mol. The maximum Gasteiger partial charge on any atom is 0.240 e. The molecule has 0 spiro atoms. The molecule has 7 rings (SSSR count). The molecule has 5 aliphatic rings. The van der Waals surface area contributed by atoms with Gasteiger partial charge in [0.1, 0.15) is 23.7 Å². The summed E-state index contributed by atoms with van der Waals surface area (Å²) in [5.41, 5.74) is 6.79. The minimum absolute atomic E-state index is 0.0898. The van der Waals surface area contributed by atoms with E-state index >= 15 is 0 Å². The van der Waals surface area contributed by atoms with Crippen LogP contribution >= 0.6 is 0 Å². The third-order valence-corrected chi connectivity index (χ3v) is 13.1. The summed E-state index contributed by atoms with van der Waals surface area (Å²) in [5.74, 6) is 0.144. The van der Waals surface area contributed by atoms with Crippen molar-refractivity contribution in [3.8, 4) is 17.4 Å². The van der Waals surface area contributed by atoms with E-state index in [1.165, 1.54) is 4.90 Å². The molecule has 0 bridgehead atoms. The lowest BCUT2D eigenvalue weighted by molar-refractivity contribution is -0.140. The Morgan fingerprint density at radius 2 is 1.82 bits per heavy atom. The van der Waals surface area contributed by atoms with Crippen LogP contribution in [0, 0.1) is 18.3 Å². The van der Waals surface area contributed by atoms with E-state index in [-0.39, 0.29) is 43.1 Å². The Balaban J connectivity index is 1.18. The van der Waals surface area contributed by atoms with Gasteiger partial charge in [-0.1, -0.05) is 25.0 Å². The molecule has 3 aliphatic carbocycles. The van der Waals surface area contributed by atoms with Gasteiger partial charge in [0.25, 0.3) is 0 Å². The number of aryl methyl sites for hydroxylation is 1. The van der Waals surface area contributed by atoms with E-state index in [0.29, 0.717) is 48.6 Å². The number of hydrogen-bond acceptors (Lipinski definition) is 10. The van der Waals surface area contributed by atoms with Gasteiger partial charge in [-0.15, -0.1) is 0 Å². The molecule has 1 aromatic heterocycles. The van der Waals surface area contributed by atoms with Gasteiger partial charge in [-0.05, 0) is 82.8 Å². The van der Waals surface area contributed by atoms with Crippen molar-refractivity contribution in [2.24, 2.45) is 17.1 Å². The molecule has 3 saturated carbocycles. The quantitative estimate of drug-likeness (QED) is 0.379. The Bertz CT molecular complexity index is 1810. The van der Waals surface area contributed by atoms with E-state index in [1.54, 1.807) is 13.2 Å². The molecule has 0 unspecified atom stereocenters. The number of sulfonamides is 1. The largest absolute Gasteiger partial charge is 0.496 e. The standard InChI is InChI=1S/C37H48N4O8S/c1-22-31(47-2)16-15-27-32(18-33(39-34(22)27)49-24-10-8-11-24)48-25-17-29-30(42)20-37(36(44)40-50(45,46)26-13-14-26)19-23(37)9-6-4-3-5-7-12-28(38)35(43)41(29)21-25/h6,9,15-16,18,23-26,28-29H,3-5,7-8,10-14,17,19-21,38H2,1-2H3,(H,40,44)/b9-6-/t23-,25-,28+,29+,37-/m1/s1. The highest BCUT2D eigenvalue weighted by Gasteiger charge is 2.61. The van der Waals surface area contributed by atoms with E-state index < -0.39 is 44.8 Å². The molecule has 1 aromatic carbocycles. The number of fused-ring (bicyclic) bond motifs is 3. The smallest absolute Gasteiger partial charge is 0.240 e. The summed E-state index contributed by atoms with van der Waals surface area (Å²) in [4.78, 5) is 48.2. The molecule has 2 amide bonds. The number of amides is 2. The topological polar surface area (TPSA) is 167 Å². The van der Waals surface area contributed by atoms with E-state index in [4.69, 9.17) is 24.9 Å². The van der Waals surface area contributed by atoms with E-state index in [9.17, 15) is 22.8 Å². The van der Waals surface area contributed by atoms with Gasteiger partial charge < -0.3 is 24.8 Å². The molecule has 2 aromatic rings. The highest BCUT2D eigenvalue weighted by atomic mass is 32.2. The van der Waals surface area contributed by atoms with Crippen molar-refractivity contribution in [2.75, 3.05) is 13.7 Å². The molecule has 5 atom stereocenters. The zero-order valence-corrected chi connectivity index (χ0v) is 29.7. The van der Waals surface area contributed by atoms with Gasteiger partial charge in [-0.25, -0.2) is 13.4 Å². The first-order valence-corrected chi connectivity index (χ1v) is 19.7. The average Bonchev–Trinajstić information content (AvgIpc) is 3.99. The van der Waals surface area contributed by atoms with Crippen LogP contribution in [-0.4, -0.2) is 79.1 Å². The third kappa shape index (κ3) is 6.95. The molecular weight excluding hydrogens is 660 g/mol. The Morgan fingerprint density at radius 1 is 1.02 bits per heavy atom. The molecule has 3 N–H and O–H groups in total. The number of hydrogen-bond donors (Lipinski definition) is 2. The highest BCUT2D eigenvalue weighted by molar-refractivity contribution is 7.90. The second kappa shape index (κ2) is 13.8. The van der Waals surface area contributed by atoms with Gasteiger partial charge in [0, 0.05) is 29.9 Å². The molecule has 3 heterocycles. The van der Waals surface area contributed by atoms with Crippen LogP contribution in [0.15, 0.2) is 30.4 Å².